The van der Waals surface area contributed by atoms with Crippen molar-refractivity contribution < 1.29 is 0 Å². The average Bonchev–Trinajstić information content (AvgIpc) is 2.76. The Balaban J connectivity index is 2.14. The zero-order chi connectivity index (χ0) is 12.1. The quantitative estimate of drug-likeness (QED) is 0.799. The van der Waals surface area contributed by atoms with Crippen molar-refractivity contribution in [2.75, 3.05) is 6.54 Å². The summed E-state index contributed by atoms with van der Waals surface area (Å²) in [7, 11) is 0. The molecule has 0 amide bonds. The zero-order valence-electron chi connectivity index (χ0n) is 10.5. The van der Waals surface area contributed by atoms with Crippen molar-refractivity contribution in [3.05, 3.63) is 48.0 Å². The van der Waals surface area contributed by atoms with E-state index in [1.807, 2.05) is 19.3 Å². The van der Waals surface area contributed by atoms with Crippen LogP contribution in [0.3, 0.4) is 0 Å². The summed E-state index contributed by atoms with van der Waals surface area (Å²) in [5.41, 5.74) is 2.49. The van der Waals surface area contributed by atoms with E-state index in [4.69, 9.17) is 0 Å². The molecule has 1 aromatic heterocycles. The number of aromatic nitrogens is 2. The smallest absolute Gasteiger partial charge is 0.110 e. The van der Waals surface area contributed by atoms with Crippen LogP contribution < -0.4 is 5.32 Å². The minimum absolute atomic E-state index is 0.926. The van der Waals surface area contributed by atoms with Crippen molar-refractivity contribution >= 4 is 0 Å². The highest BCUT2D eigenvalue weighted by Gasteiger charge is 2.01. The maximum absolute atomic E-state index is 4.25. The van der Waals surface area contributed by atoms with Crippen LogP contribution in [0.15, 0.2) is 36.7 Å². The normalized spacial score (nSPS) is 10.7. The first-order valence-electron chi connectivity index (χ1n) is 6.11. The number of nitrogens with one attached hydrogen (secondary N) is 1. The second-order valence-corrected chi connectivity index (χ2v) is 4.19. The topological polar surface area (TPSA) is 29.9 Å². The van der Waals surface area contributed by atoms with Gasteiger partial charge >= 0.3 is 0 Å². The highest BCUT2D eigenvalue weighted by Crippen LogP contribution is 2.12. The van der Waals surface area contributed by atoms with Crippen LogP contribution in [0.25, 0.3) is 5.69 Å². The number of nitrogens with zero attached hydrogens (tertiary/aromatic N) is 2. The van der Waals surface area contributed by atoms with Crippen LogP contribution in [0.5, 0.6) is 0 Å². The van der Waals surface area contributed by atoms with Crippen LogP contribution in [-0.4, -0.2) is 16.1 Å². The van der Waals surface area contributed by atoms with Gasteiger partial charge in [0.1, 0.15) is 5.82 Å². The molecule has 3 nitrogen and oxygen atoms in total. The van der Waals surface area contributed by atoms with Gasteiger partial charge in [-0.25, -0.2) is 4.98 Å². The molecule has 2 rings (SSSR count). The Hall–Kier alpha value is -1.61. The van der Waals surface area contributed by atoms with E-state index < -0.39 is 0 Å². The van der Waals surface area contributed by atoms with Crippen molar-refractivity contribution in [2.45, 2.75) is 26.8 Å². The van der Waals surface area contributed by atoms with Crippen LogP contribution >= 0.6 is 0 Å². The molecule has 1 aromatic carbocycles. The molecule has 2 aromatic rings. The standard InChI is InChI=1S/C14H19N3/c1-3-7-15-11-13-5-4-6-14(10-13)17-9-8-16-12(17)2/h4-6,8-10,15H,3,7,11H2,1-2H3. The molecule has 0 aliphatic rings. The Morgan fingerprint density at radius 2 is 2.24 bits per heavy atom. The van der Waals surface area contributed by atoms with Crippen molar-refractivity contribution in [2.24, 2.45) is 0 Å². The average molecular weight is 229 g/mol. The summed E-state index contributed by atoms with van der Waals surface area (Å²) in [5, 5.41) is 3.41. The Bertz CT molecular complexity index is 474. The third-order valence-electron chi connectivity index (χ3n) is 2.77. The molecule has 0 aliphatic carbocycles. The molecule has 1 heterocycles. The summed E-state index contributed by atoms with van der Waals surface area (Å²) in [6.07, 6.45) is 4.99. The molecule has 0 aliphatic heterocycles. The number of rotatable bonds is 5. The summed E-state index contributed by atoms with van der Waals surface area (Å²) >= 11 is 0. The van der Waals surface area contributed by atoms with Gasteiger partial charge in [-0.15, -0.1) is 0 Å². The minimum Gasteiger partial charge on any atom is -0.313 e. The van der Waals surface area contributed by atoms with Crippen LogP contribution in [-0.2, 0) is 6.54 Å². The van der Waals surface area contributed by atoms with Gasteiger partial charge in [-0.2, -0.15) is 0 Å². The number of benzene rings is 1. The van der Waals surface area contributed by atoms with Gasteiger partial charge in [-0.1, -0.05) is 19.1 Å². The molecule has 0 bridgehead atoms. The first-order chi connectivity index (χ1) is 8.31. The lowest BCUT2D eigenvalue weighted by atomic mass is 10.2. The number of hydrogen-bond acceptors (Lipinski definition) is 2. The second kappa shape index (κ2) is 5.64. The van der Waals surface area contributed by atoms with Gasteiger partial charge in [0.05, 0.1) is 0 Å². The molecular weight excluding hydrogens is 210 g/mol. The van der Waals surface area contributed by atoms with E-state index in [-0.39, 0.29) is 0 Å². The van der Waals surface area contributed by atoms with Crippen molar-refractivity contribution in [3.63, 3.8) is 0 Å². The third-order valence-corrected chi connectivity index (χ3v) is 2.77. The van der Waals surface area contributed by atoms with E-state index in [2.05, 4.69) is 46.1 Å². The molecule has 0 atom stereocenters. The molecule has 3 heteroatoms. The van der Waals surface area contributed by atoms with E-state index in [9.17, 15) is 0 Å². The van der Waals surface area contributed by atoms with Crippen molar-refractivity contribution in [1.29, 1.82) is 0 Å². The van der Waals surface area contributed by atoms with Crippen molar-refractivity contribution in [1.82, 2.24) is 14.9 Å². The highest BCUT2D eigenvalue weighted by atomic mass is 15.1. The lowest BCUT2D eigenvalue weighted by Gasteiger charge is -2.08. The summed E-state index contributed by atoms with van der Waals surface area (Å²) in [4.78, 5) is 4.25. The van der Waals surface area contributed by atoms with Crippen LogP contribution in [0.4, 0.5) is 0 Å². The molecular formula is C14H19N3. The van der Waals surface area contributed by atoms with Crippen LogP contribution in [0.1, 0.15) is 24.7 Å². The minimum atomic E-state index is 0.926. The fourth-order valence-corrected chi connectivity index (χ4v) is 1.88. The summed E-state index contributed by atoms with van der Waals surface area (Å²) < 4.78 is 2.10. The zero-order valence-corrected chi connectivity index (χ0v) is 10.5. The van der Waals surface area contributed by atoms with Crippen molar-refractivity contribution in [3.8, 4) is 5.69 Å². The molecule has 0 spiro atoms. The van der Waals surface area contributed by atoms with E-state index >= 15 is 0 Å². The van der Waals surface area contributed by atoms with Gasteiger partial charge in [0, 0.05) is 24.6 Å². The van der Waals surface area contributed by atoms with E-state index in [1.165, 1.54) is 17.7 Å². The molecule has 0 radical (unpaired) electrons. The van der Waals surface area contributed by atoms with Crippen LogP contribution in [0, 0.1) is 6.92 Å². The molecule has 0 fully saturated rings. The van der Waals surface area contributed by atoms with Gasteiger partial charge < -0.3 is 9.88 Å². The molecule has 0 saturated heterocycles. The molecule has 0 unspecified atom stereocenters. The van der Waals surface area contributed by atoms with E-state index in [1.54, 1.807) is 0 Å². The van der Waals surface area contributed by atoms with Gasteiger partial charge in [0.2, 0.25) is 0 Å². The summed E-state index contributed by atoms with van der Waals surface area (Å²) in [6.45, 7) is 6.18. The fraction of sp³-hybridized carbons (Fsp3) is 0.357. The van der Waals surface area contributed by atoms with Gasteiger partial charge in [-0.3, -0.25) is 0 Å². The van der Waals surface area contributed by atoms with E-state index in [0.717, 1.165) is 18.9 Å². The van der Waals surface area contributed by atoms with Gasteiger partial charge in [0.25, 0.3) is 0 Å². The summed E-state index contributed by atoms with van der Waals surface area (Å²) in [5.74, 6) is 1.02. The predicted octanol–water partition coefficient (Wildman–Crippen LogP) is 2.68. The highest BCUT2D eigenvalue weighted by molar-refractivity contribution is 5.36. The maximum Gasteiger partial charge on any atom is 0.110 e. The molecule has 0 saturated carbocycles. The lowest BCUT2D eigenvalue weighted by Crippen LogP contribution is -2.13. The van der Waals surface area contributed by atoms with Gasteiger partial charge in [0.15, 0.2) is 0 Å². The molecule has 1 N–H and O–H groups in total. The number of aryl methyl sites for hydroxylation is 1. The Morgan fingerprint density at radius 3 is 2.94 bits per heavy atom. The maximum atomic E-state index is 4.25. The van der Waals surface area contributed by atoms with E-state index in [0.29, 0.717) is 0 Å². The summed E-state index contributed by atoms with van der Waals surface area (Å²) in [6, 6.07) is 8.56. The fourth-order valence-electron chi connectivity index (χ4n) is 1.88. The Morgan fingerprint density at radius 1 is 1.35 bits per heavy atom. The predicted molar refractivity (Wildman–Crippen MR) is 70.3 cm³/mol. The number of imidazole rings is 1. The number of hydrogen-bond donors (Lipinski definition) is 1. The first-order valence-corrected chi connectivity index (χ1v) is 6.11. The molecule has 17 heavy (non-hydrogen) atoms. The molecule has 90 valence electrons. The first kappa shape index (κ1) is 11.9. The Labute approximate surface area is 103 Å². The second-order valence-electron chi connectivity index (χ2n) is 4.19. The largest absolute Gasteiger partial charge is 0.313 e. The Kier molecular flexibility index (Phi) is 3.94. The van der Waals surface area contributed by atoms with Crippen LogP contribution in [0.2, 0.25) is 0 Å². The third kappa shape index (κ3) is 2.94. The van der Waals surface area contributed by atoms with Gasteiger partial charge in [-0.05, 0) is 37.6 Å². The lowest BCUT2D eigenvalue weighted by molar-refractivity contribution is 0.675. The SMILES string of the molecule is CCCNCc1cccc(-n2ccnc2C)c1. The monoisotopic (exact) mass is 229 g/mol.